The van der Waals surface area contributed by atoms with Gasteiger partial charge in [0, 0.05) is 35.7 Å². The van der Waals surface area contributed by atoms with Crippen molar-refractivity contribution < 1.29 is 28.8 Å². The molecular weight excluding hydrogens is 488 g/mol. The van der Waals surface area contributed by atoms with Gasteiger partial charge in [-0.05, 0) is 24.3 Å². The van der Waals surface area contributed by atoms with Crippen molar-refractivity contribution in [1.29, 1.82) is 0 Å². The standard InChI is InChI=1S/C24H14N4O7S/c29-19(12-7-9-25-10-8-12)18(21-14-3-1-2-4-15(14)23(32)35-21)20(30)22(31)27-24-26-16-6-5-13(28(33)34)11-17(16)36-24/h1-11,18,21H,(H,26,27,31)/t18-,21-/m1/s1. The minimum Gasteiger partial charge on any atom is -0.453 e. The lowest BCUT2D eigenvalue weighted by molar-refractivity contribution is -0.384. The summed E-state index contributed by atoms with van der Waals surface area (Å²) in [5.74, 6) is -5.35. The molecule has 0 saturated carbocycles. The van der Waals surface area contributed by atoms with Crippen molar-refractivity contribution >= 4 is 55.8 Å². The summed E-state index contributed by atoms with van der Waals surface area (Å²) >= 11 is 0.934. The maximum Gasteiger partial charge on any atom is 0.339 e. The Morgan fingerprint density at radius 3 is 2.58 bits per heavy atom. The molecule has 1 aliphatic heterocycles. The first kappa shape index (κ1) is 22.9. The van der Waals surface area contributed by atoms with Crippen molar-refractivity contribution in [2.75, 3.05) is 5.32 Å². The van der Waals surface area contributed by atoms with Crippen molar-refractivity contribution in [3.05, 3.63) is 93.8 Å². The number of thiazole rings is 1. The zero-order valence-corrected chi connectivity index (χ0v) is 18.9. The maximum atomic E-state index is 13.4. The third kappa shape index (κ3) is 4.09. The van der Waals surface area contributed by atoms with Crippen LogP contribution in [-0.2, 0) is 14.3 Å². The molecule has 0 bridgehead atoms. The number of nitro groups is 1. The quantitative estimate of drug-likeness (QED) is 0.0996. The predicted octanol–water partition coefficient (Wildman–Crippen LogP) is 3.52. The molecule has 11 nitrogen and oxygen atoms in total. The number of carbonyl (C=O) groups is 4. The molecule has 0 unspecified atom stereocenters. The molecule has 1 aliphatic rings. The lowest BCUT2D eigenvalue weighted by atomic mass is 9.85. The Bertz CT molecular complexity index is 1570. The van der Waals surface area contributed by atoms with E-state index in [2.05, 4.69) is 15.3 Å². The number of benzene rings is 2. The lowest BCUT2D eigenvalue weighted by Crippen LogP contribution is -2.38. The van der Waals surface area contributed by atoms with E-state index in [0.29, 0.717) is 15.8 Å². The number of aromatic nitrogens is 2. The number of ketones is 2. The smallest absolute Gasteiger partial charge is 0.339 e. The number of esters is 1. The summed E-state index contributed by atoms with van der Waals surface area (Å²) in [6.07, 6.45) is 1.43. The molecule has 1 amide bonds. The van der Waals surface area contributed by atoms with Gasteiger partial charge < -0.3 is 4.74 Å². The number of amides is 1. The number of carbonyl (C=O) groups excluding carboxylic acids is 4. The van der Waals surface area contributed by atoms with Gasteiger partial charge in [0.15, 0.2) is 10.9 Å². The van der Waals surface area contributed by atoms with E-state index < -0.39 is 40.4 Å². The second-order valence-corrected chi connectivity index (χ2v) is 8.77. The average Bonchev–Trinajstić information content (AvgIpc) is 3.44. The summed E-state index contributed by atoms with van der Waals surface area (Å²) < 4.78 is 5.81. The molecule has 2 aromatic heterocycles. The van der Waals surface area contributed by atoms with Crippen LogP contribution in [0, 0.1) is 16.0 Å². The topological polar surface area (TPSA) is 158 Å². The number of fused-ring (bicyclic) bond motifs is 2. The van der Waals surface area contributed by atoms with Gasteiger partial charge in [-0.1, -0.05) is 29.5 Å². The third-order valence-electron chi connectivity index (χ3n) is 5.58. The number of pyridine rings is 1. The Morgan fingerprint density at radius 1 is 1.08 bits per heavy atom. The Balaban J connectivity index is 1.47. The number of ether oxygens (including phenoxy) is 1. The first-order valence-corrected chi connectivity index (χ1v) is 11.3. The molecule has 4 aromatic rings. The molecule has 0 aliphatic carbocycles. The van der Waals surface area contributed by atoms with E-state index >= 15 is 0 Å². The Kier molecular flexibility index (Phi) is 5.78. The van der Waals surface area contributed by atoms with Crippen molar-refractivity contribution in [3.63, 3.8) is 0 Å². The maximum absolute atomic E-state index is 13.4. The summed E-state index contributed by atoms with van der Waals surface area (Å²) in [6, 6.07) is 13.1. The highest BCUT2D eigenvalue weighted by Crippen LogP contribution is 2.38. The van der Waals surface area contributed by atoms with Crippen LogP contribution in [0.4, 0.5) is 10.8 Å². The fraction of sp³-hybridized carbons (Fsp3) is 0.0833. The monoisotopic (exact) mass is 502 g/mol. The van der Waals surface area contributed by atoms with Crippen LogP contribution < -0.4 is 5.32 Å². The van der Waals surface area contributed by atoms with Crippen molar-refractivity contribution in [3.8, 4) is 0 Å². The van der Waals surface area contributed by atoms with E-state index in [4.69, 9.17) is 4.74 Å². The molecule has 0 saturated heterocycles. The van der Waals surface area contributed by atoms with Crippen LogP contribution in [0.25, 0.3) is 10.2 Å². The van der Waals surface area contributed by atoms with Crippen molar-refractivity contribution in [2.45, 2.75) is 6.10 Å². The summed E-state index contributed by atoms with van der Waals surface area (Å²) in [7, 11) is 0. The van der Waals surface area contributed by atoms with Crippen LogP contribution >= 0.6 is 11.3 Å². The number of hydrogen-bond donors (Lipinski definition) is 1. The zero-order chi connectivity index (χ0) is 25.4. The minimum atomic E-state index is -1.66. The second kappa shape index (κ2) is 9.07. The van der Waals surface area contributed by atoms with E-state index in [1.807, 2.05) is 0 Å². The minimum absolute atomic E-state index is 0.0165. The molecule has 5 rings (SSSR count). The molecule has 2 aromatic carbocycles. The van der Waals surface area contributed by atoms with Crippen molar-refractivity contribution in [1.82, 2.24) is 9.97 Å². The molecule has 2 atom stereocenters. The fourth-order valence-corrected chi connectivity index (χ4v) is 4.78. The Hall–Kier alpha value is -4.84. The number of anilines is 1. The highest BCUT2D eigenvalue weighted by molar-refractivity contribution is 7.22. The molecule has 0 radical (unpaired) electrons. The van der Waals surface area contributed by atoms with Gasteiger partial charge in [0.2, 0.25) is 5.78 Å². The number of Topliss-reactive ketones (excluding diaryl/α,β-unsaturated/α-hetero) is 2. The summed E-state index contributed by atoms with van der Waals surface area (Å²) in [5, 5.41) is 13.4. The van der Waals surface area contributed by atoms with Crippen LogP contribution in [-0.4, -0.2) is 38.3 Å². The molecule has 36 heavy (non-hydrogen) atoms. The number of nitrogens with one attached hydrogen (secondary N) is 1. The molecule has 12 heteroatoms. The van der Waals surface area contributed by atoms with Gasteiger partial charge in [-0.25, -0.2) is 9.78 Å². The van der Waals surface area contributed by atoms with E-state index in [-0.39, 0.29) is 21.9 Å². The predicted molar refractivity (Wildman–Crippen MR) is 127 cm³/mol. The van der Waals surface area contributed by atoms with E-state index in [9.17, 15) is 29.3 Å². The van der Waals surface area contributed by atoms with E-state index in [1.54, 1.807) is 18.2 Å². The molecule has 1 N–H and O–H groups in total. The number of cyclic esters (lactones) is 1. The first-order chi connectivity index (χ1) is 17.3. The Labute approximate surface area is 205 Å². The number of non-ortho nitro benzene ring substituents is 1. The molecule has 0 spiro atoms. The Morgan fingerprint density at radius 2 is 1.83 bits per heavy atom. The van der Waals surface area contributed by atoms with Gasteiger partial charge in [0.25, 0.3) is 11.6 Å². The molecule has 3 heterocycles. The van der Waals surface area contributed by atoms with Crippen molar-refractivity contribution in [2.24, 2.45) is 5.92 Å². The highest BCUT2D eigenvalue weighted by atomic mass is 32.1. The van der Waals surface area contributed by atoms with E-state index in [1.165, 1.54) is 48.8 Å². The SMILES string of the molecule is O=C(Nc1nc2ccc([N+](=O)[O-])cc2s1)C(=O)[C@@H](C(=O)c1ccncc1)[C@@H]1OC(=O)c2ccccc21. The zero-order valence-electron chi connectivity index (χ0n) is 18.1. The summed E-state index contributed by atoms with van der Waals surface area (Å²) in [6.45, 7) is 0. The van der Waals surface area contributed by atoms with Crippen LogP contribution in [0.5, 0.6) is 0 Å². The third-order valence-corrected chi connectivity index (χ3v) is 6.51. The van der Waals surface area contributed by atoms with Crippen LogP contribution in [0.3, 0.4) is 0 Å². The van der Waals surface area contributed by atoms with Gasteiger partial charge in [0.1, 0.15) is 12.0 Å². The van der Waals surface area contributed by atoms with Gasteiger partial charge in [0.05, 0.1) is 20.7 Å². The number of hydrogen-bond acceptors (Lipinski definition) is 10. The number of nitro benzene ring substituents is 1. The van der Waals surface area contributed by atoms with Gasteiger partial charge in [-0.2, -0.15) is 0 Å². The number of nitrogens with zero attached hydrogens (tertiary/aromatic N) is 3. The average molecular weight is 502 g/mol. The second-order valence-electron chi connectivity index (χ2n) is 7.74. The van der Waals surface area contributed by atoms with Crippen LogP contribution in [0.2, 0.25) is 0 Å². The molecule has 178 valence electrons. The normalized spacial score (nSPS) is 15.1. The molecular formula is C24H14N4O7S. The van der Waals surface area contributed by atoms with E-state index in [0.717, 1.165) is 11.3 Å². The fourth-order valence-electron chi connectivity index (χ4n) is 3.89. The highest BCUT2D eigenvalue weighted by Gasteiger charge is 2.46. The van der Waals surface area contributed by atoms with Gasteiger partial charge in [-0.3, -0.25) is 34.8 Å². The lowest BCUT2D eigenvalue weighted by Gasteiger charge is -2.20. The summed E-state index contributed by atoms with van der Waals surface area (Å²) in [4.78, 5) is 70.6. The molecule has 0 fully saturated rings. The summed E-state index contributed by atoms with van der Waals surface area (Å²) in [5.41, 5.74) is 0.879. The number of rotatable bonds is 7. The van der Waals surface area contributed by atoms with Gasteiger partial charge >= 0.3 is 5.97 Å². The van der Waals surface area contributed by atoms with Gasteiger partial charge in [-0.15, -0.1) is 0 Å². The van der Waals surface area contributed by atoms with Crippen LogP contribution in [0.1, 0.15) is 32.4 Å². The first-order valence-electron chi connectivity index (χ1n) is 10.5. The largest absolute Gasteiger partial charge is 0.453 e. The van der Waals surface area contributed by atoms with Crippen LogP contribution in [0.15, 0.2) is 67.0 Å².